The van der Waals surface area contributed by atoms with Gasteiger partial charge in [-0.05, 0) is 48.9 Å². The lowest BCUT2D eigenvalue weighted by atomic mass is 10.2. The summed E-state index contributed by atoms with van der Waals surface area (Å²) < 4.78 is 19.9. The molecule has 3 rings (SSSR count). The zero-order valence-electron chi connectivity index (χ0n) is 13.8. The Kier molecular flexibility index (Phi) is 5.09. The zero-order valence-corrected chi connectivity index (χ0v) is 13.8. The van der Waals surface area contributed by atoms with Crippen molar-refractivity contribution in [3.63, 3.8) is 0 Å². The predicted molar refractivity (Wildman–Crippen MR) is 92.3 cm³/mol. The largest absolute Gasteiger partial charge is 0.494 e. The molecular formula is C19H18FN3O2. The Morgan fingerprint density at radius 3 is 2.56 bits per heavy atom. The van der Waals surface area contributed by atoms with E-state index in [9.17, 15) is 9.18 Å². The van der Waals surface area contributed by atoms with Crippen molar-refractivity contribution in [2.75, 3.05) is 6.61 Å². The highest BCUT2D eigenvalue weighted by molar-refractivity contribution is 5.93. The average molecular weight is 339 g/mol. The summed E-state index contributed by atoms with van der Waals surface area (Å²) in [4.78, 5) is 12.2. The van der Waals surface area contributed by atoms with Gasteiger partial charge >= 0.3 is 0 Å². The number of rotatable bonds is 6. The van der Waals surface area contributed by atoms with E-state index in [-0.39, 0.29) is 11.7 Å². The van der Waals surface area contributed by atoms with E-state index in [1.54, 1.807) is 18.3 Å². The number of aromatic nitrogens is 2. The Morgan fingerprint density at radius 1 is 1.16 bits per heavy atom. The molecule has 0 aliphatic rings. The first-order chi connectivity index (χ1) is 12.2. The van der Waals surface area contributed by atoms with Crippen LogP contribution in [0.15, 0.2) is 60.9 Å². The zero-order chi connectivity index (χ0) is 17.6. The molecule has 0 saturated carbocycles. The fourth-order valence-electron chi connectivity index (χ4n) is 2.33. The van der Waals surface area contributed by atoms with Crippen LogP contribution in [0.1, 0.15) is 22.8 Å². The summed E-state index contributed by atoms with van der Waals surface area (Å²) in [6, 6.07) is 13.5. The molecule has 1 amide bonds. The van der Waals surface area contributed by atoms with Crippen molar-refractivity contribution in [3.8, 4) is 11.4 Å². The second-order valence-corrected chi connectivity index (χ2v) is 5.41. The lowest BCUT2D eigenvalue weighted by Gasteiger charge is -2.06. The van der Waals surface area contributed by atoms with Gasteiger partial charge in [-0.25, -0.2) is 9.07 Å². The molecule has 25 heavy (non-hydrogen) atoms. The Balaban J connectivity index is 1.61. The van der Waals surface area contributed by atoms with E-state index >= 15 is 0 Å². The topological polar surface area (TPSA) is 56.1 Å². The van der Waals surface area contributed by atoms with Crippen LogP contribution in [0.5, 0.6) is 5.75 Å². The molecule has 0 bridgehead atoms. The van der Waals surface area contributed by atoms with Crippen molar-refractivity contribution in [1.82, 2.24) is 15.1 Å². The van der Waals surface area contributed by atoms with E-state index in [0.717, 1.165) is 11.3 Å². The van der Waals surface area contributed by atoms with Gasteiger partial charge in [-0.1, -0.05) is 12.1 Å². The standard InChI is InChI=1S/C19H18FN3O2/c1-2-25-18-9-3-14(4-10-18)11-21-19(24)15-12-22-23(13-15)17-7-5-16(20)6-8-17/h3-10,12-13H,2,11H2,1H3,(H,21,24). The summed E-state index contributed by atoms with van der Waals surface area (Å²) in [5.74, 6) is 0.268. The van der Waals surface area contributed by atoms with E-state index < -0.39 is 0 Å². The van der Waals surface area contributed by atoms with Gasteiger partial charge in [0.1, 0.15) is 11.6 Å². The van der Waals surface area contributed by atoms with Gasteiger partial charge in [0.25, 0.3) is 5.91 Å². The van der Waals surface area contributed by atoms with Crippen LogP contribution < -0.4 is 10.1 Å². The third-order valence-corrected chi connectivity index (χ3v) is 3.62. The van der Waals surface area contributed by atoms with Gasteiger partial charge < -0.3 is 10.1 Å². The van der Waals surface area contributed by atoms with Crippen molar-refractivity contribution >= 4 is 5.91 Å². The SMILES string of the molecule is CCOc1ccc(CNC(=O)c2cnn(-c3ccc(F)cc3)c2)cc1. The molecule has 0 unspecified atom stereocenters. The first-order valence-electron chi connectivity index (χ1n) is 7.96. The molecule has 0 radical (unpaired) electrons. The van der Waals surface area contributed by atoms with Crippen LogP contribution in [0.3, 0.4) is 0 Å². The number of benzene rings is 2. The van der Waals surface area contributed by atoms with Crippen LogP contribution in [-0.2, 0) is 6.54 Å². The highest BCUT2D eigenvalue weighted by Gasteiger charge is 2.09. The van der Waals surface area contributed by atoms with Gasteiger partial charge in [0.2, 0.25) is 0 Å². The second kappa shape index (κ2) is 7.61. The molecule has 128 valence electrons. The number of carbonyl (C=O) groups is 1. The Bertz CT molecular complexity index is 842. The quantitative estimate of drug-likeness (QED) is 0.749. The maximum atomic E-state index is 13.0. The number of carbonyl (C=O) groups excluding carboxylic acids is 1. The molecule has 2 aromatic carbocycles. The number of ether oxygens (including phenoxy) is 1. The van der Waals surface area contributed by atoms with Crippen molar-refractivity contribution < 1.29 is 13.9 Å². The maximum Gasteiger partial charge on any atom is 0.254 e. The third kappa shape index (κ3) is 4.23. The normalized spacial score (nSPS) is 10.5. The van der Waals surface area contributed by atoms with Gasteiger partial charge in [-0.2, -0.15) is 5.10 Å². The Morgan fingerprint density at radius 2 is 1.88 bits per heavy atom. The van der Waals surface area contributed by atoms with Gasteiger partial charge in [-0.3, -0.25) is 4.79 Å². The fourth-order valence-corrected chi connectivity index (χ4v) is 2.33. The summed E-state index contributed by atoms with van der Waals surface area (Å²) >= 11 is 0. The van der Waals surface area contributed by atoms with Crippen LogP contribution in [-0.4, -0.2) is 22.3 Å². The van der Waals surface area contributed by atoms with E-state index in [1.165, 1.54) is 23.0 Å². The van der Waals surface area contributed by atoms with Crippen molar-refractivity contribution in [3.05, 3.63) is 77.9 Å². The third-order valence-electron chi connectivity index (χ3n) is 3.62. The first kappa shape index (κ1) is 16.7. The molecule has 0 aliphatic heterocycles. The second-order valence-electron chi connectivity index (χ2n) is 5.41. The molecule has 0 spiro atoms. The van der Waals surface area contributed by atoms with E-state index in [2.05, 4.69) is 10.4 Å². The van der Waals surface area contributed by atoms with E-state index in [4.69, 9.17) is 4.74 Å². The summed E-state index contributed by atoms with van der Waals surface area (Å²) in [6.07, 6.45) is 3.09. The van der Waals surface area contributed by atoms with E-state index in [1.807, 2.05) is 31.2 Å². The minimum atomic E-state index is -0.316. The molecule has 1 heterocycles. The molecular weight excluding hydrogens is 321 g/mol. The summed E-state index contributed by atoms with van der Waals surface area (Å²) in [7, 11) is 0. The van der Waals surface area contributed by atoms with Gasteiger partial charge in [0, 0.05) is 12.7 Å². The minimum Gasteiger partial charge on any atom is -0.494 e. The molecule has 0 saturated heterocycles. The van der Waals surface area contributed by atoms with Gasteiger partial charge in [0.15, 0.2) is 0 Å². The molecule has 3 aromatic rings. The average Bonchev–Trinajstić information content (AvgIpc) is 3.12. The summed E-state index contributed by atoms with van der Waals surface area (Å²) in [6.45, 7) is 2.96. The van der Waals surface area contributed by atoms with Crippen LogP contribution in [0.25, 0.3) is 5.69 Å². The molecule has 0 aliphatic carbocycles. The molecule has 1 aromatic heterocycles. The fraction of sp³-hybridized carbons (Fsp3) is 0.158. The lowest BCUT2D eigenvalue weighted by Crippen LogP contribution is -2.22. The lowest BCUT2D eigenvalue weighted by molar-refractivity contribution is 0.0951. The van der Waals surface area contributed by atoms with Crippen LogP contribution in [0.2, 0.25) is 0 Å². The smallest absolute Gasteiger partial charge is 0.254 e. The molecule has 0 atom stereocenters. The minimum absolute atomic E-state index is 0.220. The van der Waals surface area contributed by atoms with Crippen molar-refractivity contribution in [1.29, 1.82) is 0 Å². The Hall–Kier alpha value is -3.15. The van der Waals surface area contributed by atoms with Crippen LogP contribution in [0.4, 0.5) is 4.39 Å². The number of hydrogen-bond acceptors (Lipinski definition) is 3. The molecule has 0 fully saturated rings. The van der Waals surface area contributed by atoms with Gasteiger partial charge in [0.05, 0.1) is 24.1 Å². The number of hydrogen-bond donors (Lipinski definition) is 1. The number of amides is 1. The Labute approximate surface area is 145 Å². The predicted octanol–water partition coefficient (Wildman–Crippen LogP) is 3.34. The summed E-state index contributed by atoms with van der Waals surface area (Å²) in [5.41, 5.74) is 2.10. The summed E-state index contributed by atoms with van der Waals surface area (Å²) in [5, 5.41) is 6.99. The van der Waals surface area contributed by atoms with E-state index in [0.29, 0.717) is 24.4 Å². The number of nitrogens with zero attached hydrogens (tertiary/aromatic N) is 2. The van der Waals surface area contributed by atoms with Gasteiger partial charge in [-0.15, -0.1) is 0 Å². The molecule has 6 heteroatoms. The van der Waals surface area contributed by atoms with Crippen molar-refractivity contribution in [2.45, 2.75) is 13.5 Å². The van der Waals surface area contributed by atoms with Crippen molar-refractivity contribution in [2.24, 2.45) is 0 Å². The highest BCUT2D eigenvalue weighted by atomic mass is 19.1. The molecule has 1 N–H and O–H groups in total. The molecule has 5 nitrogen and oxygen atoms in total. The van der Waals surface area contributed by atoms with Crippen LogP contribution in [0, 0.1) is 5.82 Å². The monoisotopic (exact) mass is 339 g/mol. The van der Waals surface area contributed by atoms with Crippen LogP contribution >= 0.6 is 0 Å². The number of nitrogens with one attached hydrogen (secondary N) is 1. The maximum absolute atomic E-state index is 13.0. The highest BCUT2D eigenvalue weighted by Crippen LogP contribution is 2.13. The number of halogens is 1. The first-order valence-corrected chi connectivity index (χ1v) is 7.96.